The van der Waals surface area contributed by atoms with Crippen molar-refractivity contribution in [2.45, 2.75) is 0 Å². The van der Waals surface area contributed by atoms with Crippen LogP contribution < -0.4 is 0 Å². The number of benzene rings is 14. The maximum atomic E-state index is 7.09. The van der Waals surface area contributed by atoms with Crippen molar-refractivity contribution in [3.63, 3.8) is 0 Å². The van der Waals surface area contributed by atoms with Crippen molar-refractivity contribution in [3.8, 4) is 123 Å². The molecule has 8 heteroatoms. The first-order valence-corrected chi connectivity index (χ1v) is 33.6. The Hall–Kier alpha value is -13.6. The second kappa shape index (κ2) is 23.1. The molecule has 0 unspecified atom stereocenters. The van der Waals surface area contributed by atoms with Gasteiger partial charge in [-0.25, -0.2) is 19.9 Å². The highest BCUT2D eigenvalue weighted by Gasteiger charge is 2.26. The number of nitrogens with zero attached hydrogens (tertiary/aromatic N) is 4. The van der Waals surface area contributed by atoms with Gasteiger partial charge in [0.05, 0.1) is 22.8 Å². The molecular weight excluding hydrogens is 1230 g/mol. The van der Waals surface area contributed by atoms with E-state index in [0.717, 1.165) is 200 Å². The van der Waals surface area contributed by atoms with Crippen LogP contribution in [-0.4, -0.2) is 19.9 Å². The van der Waals surface area contributed by atoms with Crippen LogP contribution in [0, 0.1) is 0 Å². The van der Waals surface area contributed by atoms with Crippen LogP contribution in [-0.2, 0) is 0 Å². The summed E-state index contributed by atoms with van der Waals surface area (Å²) in [7, 11) is 0. The second-order valence-electron chi connectivity index (χ2n) is 25.4. The van der Waals surface area contributed by atoms with Gasteiger partial charge in [0, 0.05) is 93.2 Å². The summed E-state index contributed by atoms with van der Waals surface area (Å²) in [5, 5.41) is 8.34. The molecule has 0 aliphatic rings. The molecule has 0 amide bonds. The first-order chi connectivity index (χ1) is 49.5. The zero-order chi connectivity index (χ0) is 65.8. The topological polar surface area (TPSA) is 104 Å². The molecule has 0 bridgehead atoms. The first-order valence-electron chi connectivity index (χ1n) is 33.6. The summed E-state index contributed by atoms with van der Waals surface area (Å²) in [5.41, 5.74) is 25.6. The standard InChI is InChI=1S/C92H54N4O4/c1-4-20-56(21-5-1)77-53-80(96-91(93-77)58-22-6-2-7-23-58)72-35-17-30-67(88(72)73-36-19-31-68-64-26-10-15-39-83(64)99-90(68)73)69-32-18-33-70-76-50-60(44-47-86(76)100-89(69)70)55-40-42-57(43-41-55)78-54-79(95-92(94-78)59-24-8-3-9-25-59)71-34-16-29-63(61-45-48-84-74(51-61)65-27-11-13-37-81(65)97-84)87(71)62-46-49-85-75(52-62)66-28-12-14-38-82(66)98-85/h1-54H. The smallest absolute Gasteiger partial charge is 0.160 e. The minimum Gasteiger partial charge on any atom is -0.456 e. The third kappa shape index (κ3) is 9.52. The van der Waals surface area contributed by atoms with E-state index in [1.165, 1.54) is 0 Å². The third-order valence-corrected chi connectivity index (χ3v) is 19.6. The quantitative estimate of drug-likeness (QED) is 0.126. The summed E-state index contributed by atoms with van der Waals surface area (Å²) in [6, 6.07) is 114. The maximum absolute atomic E-state index is 7.09. The zero-order valence-electron chi connectivity index (χ0n) is 53.6. The lowest BCUT2D eigenvalue weighted by molar-refractivity contribution is 0.668. The Morgan fingerprint density at radius 1 is 0.170 bits per heavy atom. The largest absolute Gasteiger partial charge is 0.456 e. The number of hydrogen-bond donors (Lipinski definition) is 0. The van der Waals surface area contributed by atoms with E-state index in [1.54, 1.807) is 0 Å². The zero-order valence-corrected chi connectivity index (χ0v) is 53.6. The van der Waals surface area contributed by atoms with Crippen molar-refractivity contribution >= 4 is 87.8 Å². The van der Waals surface area contributed by atoms with Crippen LogP contribution in [0.1, 0.15) is 0 Å². The Balaban J connectivity index is 0.713. The van der Waals surface area contributed by atoms with Gasteiger partial charge in [-0.2, -0.15) is 0 Å². The van der Waals surface area contributed by atoms with Gasteiger partial charge < -0.3 is 17.7 Å². The number of hydrogen-bond acceptors (Lipinski definition) is 8. The molecule has 466 valence electrons. The molecule has 6 heterocycles. The summed E-state index contributed by atoms with van der Waals surface area (Å²) in [5.74, 6) is 1.26. The molecule has 0 fully saturated rings. The van der Waals surface area contributed by atoms with Crippen molar-refractivity contribution in [3.05, 3.63) is 328 Å². The molecular formula is C92H54N4O4. The second-order valence-corrected chi connectivity index (χ2v) is 25.4. The molecule has 0 N–H and O–H groups in total. The Kier molecular flexibility index (Phi) is 13.1. The molecule has 0 aliphatic heterocycles. The Morgan fingerprint density at radius 2 is 0.520 bits per heavy atom. The fourth-order valence-electron chi connectivity index (χ4n) is 14.8. The van der Waals surface area contributed by atoms with Crippen molar-refractivity contribution < 1.29 is 17.7 Å². The summed E-state index contributed by atoms with van der Waals surface area (Å²) in [4.78, 5) is 21.4. The highest BCUT2D eigenvalue weighted by molar-refractivity contribution is 6.16. The van der Waals surface area contributed by atoms with Crippen LogP contribution in [0.2, 0.25) is 0 Å². The van der Waals surface area contributed by atoms with Crippen molar-refractivity contribution in [1.82, 2.24) is 19.9 Å². The summed E-state index contributed by atoms with van der Waals surface area (Å²) < 4.78 is 26.7. The molecule has 0 atom stereocenters. The highest BCUT2D eigenvalue weighted by atomic mass is 16.3. The van der Waals surface area contributed by atoms with E-state index in [9.17, 15) is 0 Å². The van der Waals surface area contributed by atoms with E-state index in [-0.39, 0.29) is 0 Å². The molecule has 6 aromatic heterocycles. The fraction of sp³-hybridized carbons (Fsp3) is 0. The van der Waals surface area contributed by atoms with E-state index < -0.39 is 0 Å². The molecule has 20 rings (SSSR count). The summed E-state index contributed by atoms with van der Waals surface area (Å²) in [6.45, 7) is 0. The predicted octanol–water partition coefficient (Wildman–Crippen LogP) is 25.2. The minimum absolute atomic E-state index is 0.626. The fourth-order valence-corrected chi connectivity index (χ4v) is 14.8. The first kappa shape index (κ1) is 56.8. The van der Waals surface area contributed by atoms with Crippen LogP contribution in [0.4, 0.5) is 0 Å². The van der Waals surface area contributed by atoms with Crippen LogP contribution in [0.3, 0.4) is 0 Å². The molecule has 0 aliphatic carbocycles. The third-order valence-electron chi connectivity index (χ3n) is 19.6. The van der Waals surface area contributed by atoms with E-state index >= 15 is 0 Å². The van der Waals surface area contributed by atoms with E-state index in [2.05, 4.69) is 237 Å². The van der Waals surface area contributed by atoms with Crippen molar-refractivity contribution in [1.29, 1.82) is 0 Å². The van der Waals surface area contributed by atoms with Gasteiger partial charge in [-0.15, -0.1) is 0 Å². The van der Waals surface area contributed by atoms with Crippen molar-refractivity contribution in [2.75, 3.05) is 0 Å². The van der Waals surface area contributed by atoms with Gasteiger partial charge in [-0.05, 0) is 106 Å². The van der Waals surface area contributed by atoms with E-state index in [4.69, 9.17) is 37.6 Å². The van der Waals surface area contributed by atoms with Gasteiger partial charge in [0.1, 0.15) is 44.7 Å². The minimum atomic E-state index is 0.626. The number of furan rings is 4. The normalized spacial score (nSPS) is 11.8. The van der Waals surface area contributed by atoms with Crippen LogP contribution in [0.5, 0.6) is 0 Å². The lowest BCUT2D eigenvalue weighted by Gasteiger charge is -2.17. The predicted molar refractivity (Wildman–Crippen MR) is 407 cm³/mol. The van der Waals surface area contributed by atoms with Crippen molar-refractivity contribution in [2.24, 2.45) is 0 Å². The van der Waals surface area contributed by atoms with Gasteiger partial charge >= 0.3 is 0 Å². The van der Waals surface area contributed by atoms with Gasteiger partial charge in [0.15, 0.2) is 11.6 Å². The van der Waals surface area contributed by atoms with Gasteiger partial charge in [-0.1, -0.05) is 261 Å². The van der Waals surface area contributed by atoms with Crippen LogP contribution in [0.15, 0.2) is 345 Å². The Labute approximate surface area is 573 Å². The molecule has 8 nitrogen and oxygen atoms in total. The molecule has 14 aromatic carbocycles. The molecule has 0 saturated heterocycles. The van der Waals surface area contributed by atoms with Gasteiger partial charge in [-0.3, -0.25) is 0 Å². The lowest BCUT2D eigenvalue weighted by Crippen LogP contribution is -1.98. The maximum Gasteiger partial charge on any atom is 0.160 e. The average Bonchev–Trinajstić information content (AvgIpc) is 1.44. The molecule has 0 spiro atoms. The molecule has 0 saturated carbocycles. The molecule has 0 radical (unpaired) electrons. The van der Waals surface area contributed by atoms with Gasteiger partial charge in [0.25, 0.3) is 0 Å². The lowest BCUT2D eigenvalue weighted by atomic mass is 9.87. The highest BCUT2D eigenvalue weighted by Crippen LogP contribution is 2.49. The number of para-hydroxylation sites is 5. The summed E-state index contributed by atoms with van der Waals surface area (Å²) >= 11 is 0. The SMILES string of the molecule is c1ccc(-c2cc(-c3cccc(-c4cccc5c4oc4ccc(-c6ccc(-c7cc(-c8cccc(-c9ccc%10oc%11ccccc%11c%10c9)c8-c8ccc9oc%10ccccc%10c9c8)nc(-c8ccccc8)n7)cc6)cc45)c3-c3cccc4c3oc3ccccc34)nc(-c3ccccc3)n2)cc1. The Morgan fingerprint density at radius 3 is 1.12 bits per heavy atom. The Bertz CT molecular complexity index is 6590. The van der Waals surface area contributed by atoms with Gasteiger partial charge in [0.2, 0.25) is 0 Å². The van der Waals surface area contributed by atoms with Crippen LogP contribution in [0.25, 0.3) is 211 Å². The monoisotopic (exact) mass is 1280 g/mol. The molecule has 20 aromatic rings. The number of fused-ring (bicyclic) bond motifs is 12. The molecule has 100 heavy (non-hydrogen) atoms. The summed E-state index contributed by atoms with van der Waals surface area (Å²) in [6.07, 6.45) is 0. The van der Waals surface area contributed by atoms with Crippen LogP contribution >= 0.6 is 0 Å². The average molecular weight is 1280 g/mol. The number of rotatable bonds is 11. The van der Waals surface area contributed by atoms with E-state index in [1.807, 2.05) is 91.0 Å². The number of aromatic nitrogens is 4. The van der Waals surface area contributed by atoms with E-state index in [0.29, 0.717) is 11.6 Å².